The van der Waals surface area contributed by atoms with Gasteiger partial charge < -0.3 is 28.6 Å². The van der Waals surface area contributed by atoms with Gasteiger partial charge in [-0.25, -0.2) is 9.59 Å². The molecule has 4 aromatic heterocycles. The van der Waals surface area contributed by atoms with Crippen LogP contribution in [0.25, 0.3) is 43.7 Å². The molecule has 0 bridgehead atoms. The quantitative estimate of drug-likeness (QED) is 0.0810. The largest absolute Gasteiger partial charge is 0.480 e. The number of ether oxygens (including phenoxy) is 1. The average Bonchev–Trinajstić information content (AvgIpc) is 4.00. The lowest BCUT2D eigenvalue weighted by molar-refractivity contribution is -0.144. The van der Waals surface area contributed by atoms with Gasteiger partial charge in [-0.15, -0.1) is 0 Å². The number of aromatic nitrogens is 2. The number of fused-ring (bicyclic) bond motifs is 4. The molecule has 1 saturated heterocycles. The summed E-state index contributed by atoms with van der Waals surface area (Å²) < 4.78 is 16.6. The van der Waals surface area contributed by atoms with Gasteiger partial charge in [-0.05, 0) is 61.4 Å². The van der Waals surface area contributed by atoms with E-state index >= 15 is 0 Å². The molecule has 272 valence electrons. The monoisotopic (exact) mass is 722 g/mol. The van der Waals surface area contributed by atoms with Gasteiger partial charge in [0.05, 0.1) is 13.1 Å². The van der Waals surface area contributed by atoms with Gasteiger partial charge in [-0.3, -0.25) is 15.0 Å². The Labute approximate surface area is 309 Å². The Morgan fingerprint density at radius 3 is 1.94 bits per heavy atom. The molecule has 0 radical (unpaired) electrons. The zero-order valence-electron chi connectivity index (χ0n) is 29.7. The zero-order valence-corrected chi connectivity index (χ0v) is 29.7. The van der Waals surface area contributed by atoms with E-state index in [4.69, 9.17) is 13.6 Å². The fraction of sp³-hybridized carbons (Fsp3) is 0.186. The molecule has 1 aliphatic heterocycles. The average molecular weight is 723 g/mol. The van der Waals surface area contributed by atoms with Crippen LogP contribution in [0.15, 0.2) is 130 Å². The zero-order chi connectivity index (χ0) is 37.5. The Morgan fingerprint density at radius 2 is 1.31 bits per heavy atom. The summed E-state index contributed by atoms with van der Waals surface area (Å²) in [6.07, 6.45) is 3.84. The number of nitrogens with one attached hydrogen (secondary N) is 3. The number of hydrogen-bond acceptors (Lipinski definition) is 7. The predicted octanol–water partition coefficient (Wildman–Crippen LogP) is 8.48. The Bertz CT molecular complexity index is 2600. The number of carboxylic acid groups (broad SMARTS) is 1. The molecule has 11 heteroatoms. The van der Waals surface area contributed by atoms with Gasteiger partial charge in [0.15, 0.2) is 0 Å². The van der Waals surface area contributed by atoms with Gasteiger partial charge in [0.2, 0.25) is 0 Å². The smallest absolute Gasteiger partial charge is 0.418 e. The molecule has 0 saturated carbocycles. The van der Waals surface area contributed by atoms with Gasteiger partial charge >= 0.3 is 18.0 Å². The maximum atomic E-state index is 12.6. The van der Waals surface area contributed by atoms with Crippen LogP contribution in [0.3, 0.4) is 0 Å². The van der Waals surface area contributed by atoms with E-state index in [1.54, 1.807) is 13.8 Å². The highest BCUT2D eigenvalue weighted by atomic mass is 16.6. The number of H-pyrrole nitrogens is 2. The molecule has 0 spiro atoms. The highest BCUT2D eigenvalue weighted by molar-refractivity contribution is 5.99. The van der Waals surface area contributed by atoms with Crippen LogP contribution >= 0.6 is 0 Å². The third kappa shape index (κ3) is 6.50. The summed E-state index contributed by atoms with van der Waals surface area (Å²) in [6.45, 7) is 3.96. The molecule has 11 nitrogen and oxygen atoms in total. The molecule has 1 aliphatic rings. The predicted molar refractivity (Wildman–Crippen MR) is 205 cm³/mol. The number of esters is 1. The maximum absolute atomic E-state index is 12.6. The molecule has 8 aromatic rings. The van der Waals surface area contributed by atoms with E-state index in [1.807, 2.05) is 122 Å². The summed E-state index contributed by atoms with van der Waals surface area (Å²) in [7, 11) is 0. The molecule has 1 fully saturated rings. The van der Waals surface area contributed by atoms with Crippen molar-refractivity contribution in [2.45, 2.75) is 50.9 Å². The first-order chi connectivity index (χ1) is 26.1. The van der Waals surface area contributed by atoms with Crippen molar-refractivity contribution in [3.8, 4) is 0 Å². The van der Waals surface area contributed by atoms with Gasteiger partial charge in [-0.2, -0.15) is 0 Å². The molecule has 9 rings (SSSR count). The fourth-order valence-corrected chi connectivity index (χ4v) is 7.16. The summed E-state index contributed by atoms with van der Waals surface area (Å²) in [6, 6.07) is 35.0. The summed E-state index contributed by atoms with van der Waals surface area (Å²) in [5, 5.41) is 17.0. The van der Waals surface area contributed by atoms with Crippen LogP contribution in [-0.4, -0.2) is 49.1 Å². The topological polar surface area (TPSA) is 154 Å². The first-order valence-corrected chi connectivity index (χ1v) is 17.7. The number of carbonyl (C=O) groups excluding carboxylic acids is 2. The van der Waals surface area contributed by atoms with Crippen LogP contribution < -0.4 is 5.32 Å². The number of rotatable bonds is 10. The summed E-state index contributed by atoms with van der Waals surface area (Å²) >= 11 is 0. The second kappa shape index (κ2) is 13.8. The number of nitrogens with zero attached hydrogens (tertiary/aromatic N) is 1. The third-order valence-corrected chi connectivity index (χ3v) is 10.3. The van der Waals surface area contributed by atoms with Crippen molar-refractivity contribution >= 4 is 61.8 Å². The van der Waals surface area contributed by atoms with E-state index in [-0.39, 0.29) is 6.54 Å². The first-order valence-electron chi connectivity index (χ1n) is 17.7. The molecule has 1 amide bonds. The molecular formula is C43H38N4O7. The van der Waals surface area contributed by atoms with E-state index in [0.717, 1.165) is 60.6 Å². The Hall–Kier alpha value is -6.59. The molecular weight excluding hydrogens is 684 g/mol. The summed E-state index contributed by atoms with van der Waals surface area (Å²) in [5.74, 6) is -0.103. The van der Waals surface area contributed by atoms with Gasteiger partial charge in [-0.1, -0.05) is 72.8 Å². The van der Waals surface area contributed by atoms with Gasteiger partial charge in [0.1, 0.15) is 33.8 Å². The molecule has 2 atom stereocenters. The van der Waals surface area contributed by atoms with Crippen molar-refractivity contribution < 1.29 is 33.1 Å². The van der Waals surface area contributed by atoms with E-state index in [1.165, 1.54) is 4.90 Å². The minimum Gasteiger partial charge on any atom is -0.480 e. The van der Waals surface area contributed by atoms with Crippen LogP contribution in [0.4, 0.5) is 4.79 Å². The van der Waals surface area contributed by atoms with Crippen molar-refractivity contribution in [3.05, 3.63) is 144 Å². The second-order valence-corrected chi connectivity index (χ2v) is 14.1. The summed E-state index contributed by atoms with van der Waals surface area (Å²) in [5.41, 5.74) is 3.26. The highest BCUT2D eigenvalue weighted by Crippen LogP contribution is 2.34. The standard InChI is InChI=1S/C22H18N2O4.C21H20N2O3/c1-22(11-15-12-23-18-8-4-3-7-17(15)18)20(25)28-21(26)24(22)13-16-10-14-6-2-5-9-19(14)27-16;1-21(20(24)25,11-15-12-22-18-8-4-3-7-17(15)18)23-13-16-10-14-6-2-5-9-19(14)26-16/h2-10,12,23H,11,13H2,1H3;2-10,12,22-23H,11,13H2,1H3,(H,24,25)/t22-;21-/m11/s1. The highest BCUT2D eigenvalue weighted by Gasteiger charge is 2.52. The van der Waals surface area contributed by atoms with E-state index < -0.39 is 29.1 Å². The van der Waals surface area contributed by atoms with Crippen LogP contribution in [-0.2, 0) is 40.3 Å². The number of hydrogen-bond donors (Lipinski definition) is 4. The van der Waals surface area contributed by atoms with Crippen LogP contribution in [0.5, 0.6) is 0 Å². The number of carboxylic acids is 1. The number of para-hydroxylation sites is 4. The second-order valence-electron chi connectivity index (χ2n) is 14.1. The number of benzene rings is 4. The third-order valence-electron chi connectivity index (χ3n) is 10.3. The molecule has 0 unspecified atom stereocenters. The number of furan rings is 2. The van der Waals surface area contributed by atoms with Gasteiger partial charge in [0, 0.05) is 57.8 Å². The van der Waals surface area contributed by atoms with Crippen molar-refractivity contribution in [3.63, 3.8) is 0 Å². The van der Waals surface area contributed by atoms with E-state index in [2.05, 4.69) is 15.3 Å². The SMILES string of the molecule is C[C@@]1(Cc2c[nH]c3ccccc23)C(=O)OC(=O)N1Cc1cc2ccccc2o1.C[C@](Cc1c[nH]c2ccccc12)(NCc1cc2ccccc2o1)C(=O)O. The minimum atomic E-state index is -1.11. The lowest BCUT2D eigenvalue weighted by Gasteiger charge is -2.29. The number of cyclic esters (lactones) is 2. The molecule has 54 heavy (non-hydrogen) atoms. The first kappa shape index (κ1) is 34.5. The van der Waals surface area contributed by atoms with Crippen LogP contribution in [0.1, 0.15) is 36.5 Å². The number of amides is 1. The van der Waals surface area contributed by atoms with Crippen molar-refractivity contribution in [2.24, 2.45) is 0 Å². The lowest BCUT2D eigenvalue weighted by atomic mass is 9.91. The maximum Gasteiger partial charge on any atom is 0.418 e. The molecule has 4 N–H and O–H groups in total. The lowest BCUT2D eigenvalue weighted by Crippen LogP contribution is -2.50. The normalized spacial score (nSPS) is 16.9. The van der Waals surface area contributed by atoms with E-state index in [9.17, 15) is 19.5 Å². The van der Waals surface area contributed by atoms with Crippen molar-refractivity contribution in [1.82, 2.24) is 20.2 Å². The molecule has 5 heterocycles. The fourth-order valence-electron chi connectivity index (χ4n) is 7.16. The van der Waals surface area contributed by atoms with Crippen LogP contribution in [0.2, 0.25) is 0 Å². The van der Waals surface area contributed by atoms with Crippen molar-refractivity contribution in [2.75, 3.05) is 0 Å². The summed E-state index contributed by atoms with van der Waals surface area (Å²) in [4.78, 5) is 44.9. The van der Waals surface area contributed by atoms with Gasteiger partial charge in [0.25, 0.3) is 0 Å². The Kier molecular flexibility index (Phi) is 8.79. The molecule has 4 aromatic carbocycles. The minimum absolute atomic E-state index is 0.165. The Balaban J connectivity index is 0.000000154. The number of aromatic amines is 2. The van der Waals surface area contributed by atoms with Crippen LogP contribution in [0, 0.1) is 0 Å². The van der Waals surface area contributed by atoms with E-state index in [0.29, 0.717) is 25.1 Å². The molecule has 0 aliphatic carbocycles. The Morgan fingerprint density at radius 1 is 0.778 bits per heavy atom. The number of carbonyl (C=O) groups is 3. The number of aliphatic carboxylic acids is 1. The van der Waals surface area contributed by atoms with Crippen molar-refractivity contribution in [1.29, 1.82) is 0 Å².